The van der Waals surface area contributed by atoms with Gasteiger partial charge < -0.3 is 9.47 Å². The Morgan fingerprint density at radius 3 is 2.62 bits per heavy atom. The van der Waals surface area contributed by atoms with Crippen LogP contribution in [0, 0.1) is 0 Å². The molecule has 0 heterocycles. The summed E-state index contributed by atoms with van der Waals surface area (Å²) < 4.78 is 34.2. The van der Waals surface area contributed by atoms with Crippen molar-refractivity contribution in [3.05, 3.63) is 12.7 Å². The van der Waals surface area contributed by atoms with Crippen LogP contribution in [-0.4, -0.2) is 25.9 Å². The first kappa shape index (κ1) is 12.5. The molecule has 0 aliphatic rings. The van der Waals surface area contributed by atoms with Gasteiger partial charge in [-0.15, -0.1) is 6.58 Å². The molecule has 0 unspecified atom stereocenters. The van der Waals surface area contributed by atoms with E-state index in [2.05, 4.69) is 11.3 Å². The molecule has 0 amide bonds. The summed E-state index contributed by atoms with van der Waals surface area (Å²) in [6.45, 7) is 5.73. The highest BCUT2D eigenvalue weighted by molar-refractivity contribution is 4.63. The zero-order valence-electron chi connectivity index (χ0n) is 7.89. The molecule has 0 saturated heterocycles. The topological polar surface area (TPSA) is 18.5 Å². The van der Waals surface area contributed by atoms with Crippen LogP contribution in [-0.2, 0) is 9.47 Å². The van der Waals surface area contributed by atoms with Crippen molar-refractivity contribution in [1.82, 2.24) is 0 Å². The monoisotopic (exact) mass is 194 g/mol. The molecule has 0 atom stereocenters. The zero-order chi connectivity index (χ0) is 10.2. The van der Waals surface area contributed by atoms with E-state index in [0.29, 0.717) is 19.6 Å². The van der Waals surface area contributed by atoms with E-state index in [0.717, 1.165) is 0 Å². The first-order valence-corrected chi connectivity index (χ1v) is 4.33. The van der Waals surface area contributed by atoms with Crippen molar-refractivity contribution in [3.63, 3.8) is 0 Å². The minimum atomic E-state index is -2.99. The maximum Gasteiger partial charge on any atom is 0.355 e. The van der Waals surface area contributed by atoms with E-state index in [-0.39, 0.29) is 13.0 Å². The second kappa shape index (κ2) is 6.97. The van der Waals surface area contributed by atoms with Crippen molar-refractivity contribution in [2.75, 3.05) is 19.8 Å². The molecule has 0 N–H and O–H groups in total. The lowest BCUT2D eigenvalue weighted by molar-refractivity contribution is -0.240. The van der Waals surface area contributed by atoms with Crippen LogP contribution in [0.1, 0.15) is 19.8 Å². The molecule has 0 aliphatic carbocycles. The predicted molar refractivity (Wildman–Crippen MR) is 46.8 cm³/mol. The maximum absolute atomic E-state index is 12.4. The lowest BCUT2D eigenvalue weighted by Gasteiger charge is -2.14. The lowest BCUT2D eigenvalue weighted by Crippen LogP contribution is -2.20. The number of hydrogen-bond donors (Lipinski definition) is 0. The van der Waals surface area contributed by atoms with Gasteiger partial charge in [-0.2, -0.15) is 8.78 Å². The fraction of sp³-hybridized carbons (Fsp3) is 0.778. The Kier molecular flexibility index (Phi) is 6.72. The minimum Gasteiger partial charge on any atom is -0.377 e. The molecular weight excluding hydrogens is 178 g/mol. The summed E-state index contributed by atoms with van der Waals surface area (Å²) in [6.07, 6.45) is -1.19. The third kappa shape index (κ3) is 7.87. The molecule has 4 heteroatoms. The van der Waals surface area contributed by atoms with E-state index in [9.17, 15) is 8.78 Å². The van der Waals surface area contributed by atoms with E-state index in [1.165, 1.54) is 6.92 Å². The highest BCUT2D eigenvalue weighted by Gasteiger charge is 2.26. The quantitative estimate of drug-likeness (QED) is 0.437. The van der Waals surface area contributed by atoms with E-state index in [1.54, 1.807) is 6.08 Å². The SMILES string of the molecule is C=CCOCCCOC(F)(F)CC. The third-order valence-corrected chi connectivity index (χ3v) is 1.39. The number of hydrogen-bond acceptors (Lipinski definition) is 2. The summed E-state index contributed by atoms with van der Waals surface area (Å²) in [7, 11) is 0. The van der Waals surface area contributed by atoms with E-state index in [1.807, 2.05) is 0 Å². The highest BCUT2D eigenvalue weighted by Crippen LogP contribution is 2.18. The van der Waals surface area contributed by atoms with Gasteiger partial charge in [0.2, 0.25) is 0 Å². The van der Waals surface area contributed by atoms with E-state index < -0.39 is 6.11 Å². The smallest absolute Gasteiger partial charge is 0.355 e. The van der Waals surface area contributed by atoms with Crippen molar-refractivity contribution in [2.24, 2.45) is 0 Å². The number of alkyl halides is 2. The van der Waals surface area contributed by atoms with Crippen LogP contribution in [0.3, 0.4) is 0 Å². The van der Waals surface area contributed by atoms with Gasteiger partial charge in [0.1, 0.15) is 0 Å². The summed E-state index contributed by atoms with van der Waals surface area (Å²) in [5, 5.41) is 0. The molecule has 13 heavy (non-hydrogen) atoms. The fourth-order valence-corrected chi connectivity index (χ4v) is 0.651. The molecular formula is C9H16F2O2. The van der Waals surface area contributed by atoms with Crippen LogP contribution in [0.25, 0.3) is 0 Å². The summed E-state index contributed by atoms with van der Waals surface area (Å²) in [6, 6.07) is 0. The van der Waals surface area contributed by atoms with E-state index in [4.69, 9.17) is 4.74 Å². The standard InChI is InChI=1S/C9H16F2O2/c1-3-6-12-7-5-8-13-9(10,11)4-2/h3H,1,4-8H2,2H3. The fourth-order valence-electron chi connectivity index (χ4n) is 0.651. The summed E-state index contributed by atoms with van der Waals surface area (Å²) >= 11 is 0. The Morgan fingerprint density at radius 2 is 2.08 bits per heavy atom. The van der Waals surface area contributed by atoms with Crippen molar-refractivity contribution in [1.29, 1.82) is 0 Å². The van der Waals surface area contributed by atoms with Gasteiger partial charge in [0.15, 0.2) is 0 Å². The van der Waals surface area contributed by atoms with Gasteiger partial charge in [-0.1, -0.05) is 13.0 Å². The molecule has 0 radical (unpaired) electrons. The minimum absolute atomic E-state index is 0.0258. The largest absolute Gasteiger partial charge is 0.377 e. The summed E-state index contributed by atoms with van der Waals surface area (Å²) in [5.41, 5.74) is 0. The van der Waals surface area contributed by atoms with Crippen molar-refractivity contribution in [2.45, 2.75) is 25.9 Å². The number of rotatable bonds is 8. The molecule has 0 aromatic carbocycles. The molecule has 0 aliphatic heterocycles. The predicted octanol–water partition coefficient (Wildman–Crippen LogP) is 2.60. The van der Waals surface area contributed by atoms with Gasteiger partial charge in [-0.25, -0.2) is 0 Å². The van der Waals surface area contributed by atoms with Crippen LogP contribution < -0.4 is 0 Å². The highest BCUT2D eigenvalue weighted by atomic mass is 19.3. The van der Waals surface area contributed by atoms with Gasteiger partial charge >= 0.3 is 6.11 Å². The van der Waals surface area contributed by atoms with Gasteiger partial charge in [-0.05, 0) is 6.42 Å². The van der Waals surface area contributed by atoms with Crippen LogP contribution >= 0.6 is 0 Å². The molecule has 0 aromatic heterocycles. The molecule has 0 spiro atoms. The summed E-state index contributed by atoms with van der Waals surface area (Å²) in [5.74, 6) is 0. The van der Waals surface area contributed by atoms with Crippen LogP contribution in [0.15, 0.2) is 12.7 Å². The first-order chi connectivity index (χ1) is 6.12. The van der Waals surface area contributed by atoms with Gasteiger partial charge in [0, 0.05) is 13.0 Å². The third-order valence-electron chi connectivity index (χ3n) is 1.39. The number of ether oxygens (including phenoxy) is 2. The van der Waals surface area contributed by atoms with Gasteiger partial charge in [-0.3, -0.25) is 0 Å². The second-order valence-corrected chi connectivity index (χ2v) is 2.56. The molecule has 0 rings (SSSR count). The van der Waals surface area contributed by atoms with Crippen LogP contribution in [0.5, 0.6) is 0 Å². The van der Waals surface area contributed by atoms with Gasteiger partial charge in [0.25, 0.3) is 0 Å². The average molecular weight is 194 g/mol. The van der Waals surface area contributed by atoms with E-state index >= 15 is 0 Å². The number of halogens is 2. The van der Waals surface area contributed by atoms with Crippen molar-refractivity contribution < 1.29 is 18.3 Å². The molecule has 2 nitrogen and oxygen atoms in total. The Hall–Kier alpha value is -0.480. The normalized spacial score (nSPS) is 11.6. The Morgan fingerprint density at radius 1 is 1.38 bits per heavy atom. The Balaban J connectivity index is 3.20. The van der Waals surface area contributed by atoms with Crippen LogP contribution in [0.2, 0.25) is 0 Å². The van der Waals surface area contributed by atoms with Gasteiger partial charge in [0.05, 0.1) is 13.2 Å². The Labute approximate surface area is 77.5 Å². The van der Waals surface area contributed by atoms with Crippen molar-refractivity contribution >= 4 is 0 Å². The molecule has 0 fully saturated rings. The average Bonchev–Trinajstić information content (AvgIpc) is 2.11. The van der Waals surface area contributed by atoms with Crippen molar-refractivity contribution in [3.8, 4) is 0 Å². The van der Waals surface area contributed by atoms with Crippen LogP contribution in [0.4, 0.5) is 8.78 Å². The first-order valence-electron chi connectivity index (χ1n) is 4.33. The molecule has 0 aromatic rings. The maximum atomic E-state index is 12.4. The summed E-state index contributed by atoms with van der Waals surface area (Å²) in [4.78, 5) is 0. The molecule has 78 valence electrons. The Bertz CT molecular complexity index is 138. The lowest BCUT2D eigenvalue weighted by atomic mass is 10.4. The molecule has 0 bridgehead atoms. The molecule has 0 saturated carbocycles. The zero-order valence-corrected chi connectivity index (χ0v) is 7.89. The second-order valence-electron chi connectivity index (χ2n) is 2.56.